The second-order valence-electron chi connectivity index (χ2n) is 4.45. The normalized spacial score (nSPS) is 10.8. The summed E-state index contributed by atoms with van der Waals surface area (Å²) in [5.41, 5.74) is 8.64. The van der Waals surface area contributed by atoms with Gasteiger partial charge in [-0.05, 0) is 11.6 Å². The highest BCUT2D eigenvalue weighted by molar-refractivity contribution is 5.81. The first kappa shape index (κ1) is 11.5. The minimum Gasteiger partial charge on any atom is -0.394 e. The van der Waals surface area contributed by atoms with Gasteiger partial charge in [-0.3, -0.25) is 9.67 Å². The van der Waals surface area contributed by atoms with Crippen molar-refractivity contribution < 1.29 is 0 Å². The summed E-state index contributed by atoms with van der Waals surface area (Å²) < 4.78 is 1.69. The number of hydrogen-bond donors (Lipinski definition) is 2. The van der Waals surface area contributed by atoms with Crippen molar-refractivity contribution in [3.05, 3.63) is 48.3 Å². The maximum absolute atomic E-state index is 5.86. The molecule has 0 saturated carbocycles. The van der Waals surface area contributed by atoms with Gasteiger partial charge in [0, 0.05) is 31.4 Å². The highest BCUT2D eigenvalue weighted by Gasteiger charge is 2.05. The fourth-order valence-electron chi connectivity index (χ4n) is 2.13. The van der Waals surface area contributed by atoms with E-state index in [2.05, 4.69) is 33.6 Å². The first-order valence-corrected chi connectivity index (χ1v) is 6.09. The molecule has 96 valence electrons. The number of aryl methyl sites for hydroxylation is 1. The molecule has 3 aromatic rings. The summed E-state index contributed by atoms with van der Waals surface area (Å²) in [5, 5.41) is 8.65. The van der Waals surface area contributed by atoms with Gasteiger partial charge in [-0.15, -0.1) is 0 Å². The van der Waals surface area contributed by atoms with Crippen LogP contribution < -0.4 is 11.1 Å². The van der Waals surface area contributed by atoms with E-state index in [1.807, 2.05) is 19.2 Å². The molecule has 1 aromatic carbocycles. The van der Waals surface area contributed by atoms with Crippen LogP contribution in [-0.4, -0.2) is 14.8 Å². The van der Waals surface area contributed by atoms with E-state index in [-0.39, 0.29) is 0 Å². The number of nitrogens with two attached hydrogens (primary N) is 1. The number of para-hydroxylation sites is 1. The topological polar surface area (TPSA) is 68.8 Å². The fourth-order valence-corrected chi connectivity index (χ4v) is 2.13. The van der Waals surface area contributed by atoms with Crippen molar-refractivity contribution in [2.24, 2.45) is 7.05 Å². The molecule has 19 heavy (non-hydrogen) atoms. The molecule has 5 nitrogen and oxygen atoms in total. The van der Waals surface area contributed by atoms with Crippen LogP contribution in [0.4, 0.5) is 11.5 Å². The van der Waals surface area contributed by atoms with Gasteiger partial charge in [-0.1, -0.05) is 24.3 Å². The van der Waals surface area contributed by atoms with Gasteiger partial charge >= 0.3 is 0 Å². The lowest BCUT2D eigenvalue weighted by Crippen LogP contribution is -2.03. The number of benzene rings is 1. The molecular weight excluding hydrogens is 238 g/mol. The Hall–Kier alpha value is -2.56. The molecule has 0 atom stereocenters. The summed E-state index contributed by atoms with van der Waals surface area (Å²) in [6, 6.07) is 10.1. The van der Waals surface area contributed by atoms with Crippen molar-refractivity contribution in [1.29, 1.82) is 0 Å². The van der Waals surface area contributed by atoms with Gasteiger partial charge in [0.05, 0.1) is 11.2 Å². The van der Waals surface area contributed by atoms with E-state index < -0.39 is 0 Å². The van der Waals surface area contributed by atoms with Gasteiger partial charge in [0.1, 0.15) is 0 Å². The van der Waals surface area contributed by atoms with Crippen LogP contribution >= 0.6 is 0 Å². The van der Waals surface area contributed by atoms with Crippen molar-refractivity contribution >= 4 is 22.4 Å². The summed E-state index contributed by atoms with van der Waals surface area (Å²) in [4.78, 5) is 4.42. The molecule has 3 N–H and O–H groups in total. The van der Waals surface area contributed by atoms with Crippen LogP contribution in [0.5, 0.6) is 0 Å². The van der Waals surface area contributed by atoms with E-state index in [0.29, 0.717) is 18.1 Å². The lowest BCUT2D eigenvalue weighted by Gasteiger charge is -2.07. The molecule has 0 spiro atoms. The van der Waals surface area contributed by atoms with Crippen molar-refractivity contribution in [3.8, 4) is 0 Å². The number of nitrogen functional groups attached to an aromatic ring is 1. The van der Waals surface area contributed by atoms with Crippen molar-refractivity contribution in [2.75, 3.05) is 11.1 Å². The number of nitrogens with zero attached hydrogens (tertiary/aromatic N) is 3. The third-order valence-corrected chi connectivity index (χ3v) is 3.02. The van der Waals surface area contributed by atoms with Gasteiger partial charge in [0.15, 0.2) is 5.82 Å². The zero-order chi connectivity index (χ0) is 13.2. The Labute approximate surface area is 111 Å². The van der Waals surface area contributed by atoms with Crippen LogP contribution in [0.1, 0.15) is 5.56 Å². The zero-order valence-corrected chi connectivity index (χ0v) is 10.7. The van der Waals surface area contributed by atoms with Gasteiger partial charge in [0.25, 0.3) is 0 Å². The van der Waals surface area contributed by atoms with Crippen LogP contribution in [0, 0.1) is 0 Å². The molecule has 0 fully saturated rings. The van der Waals surface area contributed by atoms with Crippen molar-refractivity contribution in [2.45, 2.75) is 6.54 Å². The Balaban J connectivity index is 1.88. The second-order valence-corrected chi connectivity index (χ2v) is 4.45. The van der Waals surface area contributed by atoms with Crippen LogP contribution in [0.15, 0.2) is 42.7 Å². The smallest absolute Gasteiger partial charge is 0.171 e. The molecule has 0 aliphatic carbocycles. The standard InChI is InChI=1S/C14H15N5/c1-19-9-12(15)14(18-19)17-8-11-5-2-4-10-6-3-7-16-13(10)11/h2-7,9H,8,15H2,1H3,(H,17,18). The largest absolute Gasteiger partial charge is 0.394 e. The zero-order valence-electron chi connectivity index (χ0n) is 10.7. The molecule has 0 aliphatic heterocycles. The Morgan fingerprint density at radius 2 is 2.11 bits per heavy atom. The van der Waals surface area contributed by atoms with Gasteiger partial charge in [-0.2, -0.15) is 5.10 Å². The molecule has 0 aliphatic rings. The Bertz CT molecular complexity index is 711. The summed E-state index contributed by atoms with van der Waals surface area (Å²) in [5.74, 6) is 0.704. The molecule has 0 unspecified atom stereocenters. The summed E-state index contributed by atoms with van der Waals surface area (Å²) >= 11 is 0. The maximum Gasteiger partial charge on any atom is 0.171 e. The first-order valence-electron chi connectivity index (χ1n) is 6.09. The van der Waals surface area contributed by atoms with Crippen LogP contribution in [0.25, 0.3) is 10.9 Å². The fraction of sp³-hybridized carbons (Fsp3) is 0.143. The second kappa shape index (κ2) is 4.61. The lowest BCUT2D eigenvalue weighted by molar-refractivity contribution is 0.768. The molecule has 3 rings (SSSR count). The number of rotatable bonds is 3. The molecule has 0 radical (unpaired) electrons. The van der Waals surface area contributed by atoms with E-state index >= 15 is 0 Å². The summed E-state index contributed by atoms with van der Waals surface area (Å²) in [7, 11) is 1.85. The summed E-state index contributed by atoms with van der Waals surface area (Å²) in [6.45, 7) is 0.648. The quantitative estimate of drug-likeness (QED) is 0.750. The van der Waals surface area contributed by atoms with E-state index in [0.717, 1.165) is 16.5 Å². The van der Waals surface area contributed by atoms with E-state index in [1.54, 1.807) is 17.1 Å². The molecular formula is C14H15N5. The number of hydrogen-bond acceptors (Lipinski definition) is 4. The van der Waals surface area contributed by atoms with Gasteiger partial charge in [-0.25, -0.2) is 0 Å². The molecule has 2 aromatic heterocycles. The third kappa shape index (κ3) is 2.22. The van der Waals surface area contributed by atoms with Gasteiger partial charge in [0.2, 0.25) is 0 Å². The number of pyridine rings is 1. The van der Waals surface area contributed by atoms with Crippen molar-refractivity contribution in [1.82, 2.24) is 14.8 Å². The van der Waals surface area contributed by atoms with Crippen molar-refractivity contribution in [3.63, 3.8) is 0 Å². The molecule has 5 heteroatoms. The minimum atomic E-state index is 0.648. The molecule has 0 bridgehead atoms. The van der Waals surface area contributed by atoms with E-state index in [1.165, 1.54) is 0 Å². The minimum absolute atomic E-state index is 0.648. The van der Waals surface area contributed by atoms with Gasteiger partial charge < -0.3 is 11.1 Å². The highest BCUT2D eigenvalue weighted by Crippen LogP contribution is 2.19. The third-order valence-electron chi connectivity index (χ3n) is 3.02. The summed E-state index contributed by atoms with van der Waals surface area (Å²) in [6.07, 6.45) is 3.59. The predicted octanol–water partition coefficient (Wildman–Crippen LogP) is 2.16. The van der Waals surface area contributed by atoms with Crippen LogP contribution in [0.2, 0.25) is 0 Å². The number of nitrogens with one attached hydrogen (secondary N) is 1. The molecule has 0 saturated heterocycles. The molecule has 2 heterocycles. The maximum atomic E-state index is 5.86. The highest BCUT2D eigenvalue weighted by atomic mass is 15.3. The monoisotopic (exact) mass is 253 g/mol. The van der Waals surface area contributed by atoms with E-state index in [4.69, 9.17) is 5.73 Å². The average molecular weight is 253 g/mol. The Morgan fingerprint density at radius 3 is 2.89 bits per heavy atom. The van der Waals surface area contributed by atoms with Crippen LogP contribution in [-0.2, 0) is 13.6 Å². The number of aromatic nitrogens is 3. The number of fused-ring (bicyclic) bond motifs is 1. The first-order chi connectivity index (χ1) is 9.24. The predicted molar refractivity (Wildman–Crippen MR) is 76.7 cm³/mol. The lowest BCUT2D eigenvalue weighted by atomic mass is 10.1. The van der Waals surface area contributed by atoms with E-state index in [9.17, 15) is 0 Å². The van der Waals surface area contributed by atoms with Crippen LogP contribution in [0.3, 0.4) is 0 Å². The average Bonchev–Trinajstić information content (AvgIpc) is 2.74. The Kier molecular flexibility index (Phi) is 2.79. The molecule has 0 amide bonds. The Morgan fingerprint density at radius 1 is 1.26 bits per heavy atom. The number of anilines is 2. The SMILES string of the molecule is Cn1cc(N)c(NCc2cccc3cccnc23)n1.